The number of methoxy groups -OCH3 is 1. The van der Waals surface area contributed by atoms with E-state index in [2.05, 4.69) is 31.2 Å². The Morgan fingerprint density at radius 3 is 2.61 bits per heavy atom. The van der Waals surface area contributed by atoms with Crippen molar-refractivity contribution in [1.29, 1.82) is 0 Å². The molecule has 0 radical (unpaired) electrons. The number of aryl methyl sites for hydroxylation is 1. The first-order valence-electron chi connectivity index (χ1n) is 11.2. The summed E-state index contributed by atoms with van der Waals surface area (Å²) in [7, 11) is 1.38. The minimum atomic E-state index is -0.327. The molecule has 0 aliphatic carbocycles. The molecule has 1 aliphatic rings. The molecule has 168 valence electrons. The molecule has 1 aromatic heterocycles. The van der Waals surface area contributed by atoms with Crippen molar-refractivity contribution in [2.75, 3.05) is 18.6 Å². The number of hydrogen-bond acceptors (Lipinski definition) is 5. The molecular formula is C25H33NO4S. The van der Waals surface area contributed by atoms with E-state index in [0.717, 1.165) is 23.4 Å². The molecule has 31 heavy (non-hydrogen) atoms. The van der Waals surface area contributed by atoms with E-state index in [0.29, 0.717) is 18.1 Å². The Morgan fingerprint density at radius 2 is 1.90 bits per heavy atom. The van der Waals surface area contributed by atoms with Crippen LogP contribution < -0.4 is 4.90 Å². The maximum absolute atomic E-state index is 12.8. The summed E-state index contributed by atoms with van der Waals surface area (Å²) < 4.78 is 10.7. The lowest BCUT2D eigenvalue weighted by Crippen LogP contribution is -2.36. The summed E-state index contributed by atoms with van der Waals surface area (Å²) in [5.41, 5.74) is 2.27. The largest absolute Gasteiger partial charge is 0.465 e. The number of thiophene rings is 1. The van der Waals surface area contributed by atoms with Gasteiger partial charge in [-0.2, -0.15) is 0 Å². The highest BCUT2D eigenvalue weighted by atomic mass is 32.1. The van der Waals surface area contributed by atoms with Crippen LogP contribution in [-0.2, 0) is 27.3 Å². The van der Waals surface area contributed by atoms with Gasteiger partial charge < -0.3 is 14.4 Å². The highest BCUT2D eigenvalue weighted by molar-refractivity contribution is 7.13. The fraction of sp³-hybridized carbons (Fsp3) is 0.520. The van der Waals surface area contributed by atoms with Gasteiger partial charge in [-0.05, 0) is 49.1 Å². The monoisotopic (exact) mass is 443 g/mol. The number of carbonyl (C=O) groups is 2. The highest BCUT2D eigenvalue weighted by Crippen LogP contribution is 2.31. The second-order valence-corrected chi connectivity index (χ2v) is 9.42. The van der Waals surface area contributed by atoms with Crippen molar-refractivity contribution in [1.82, 2.24) is 0 Å². The molecule has 6 heteroatoms. The number of nitrogens with zero attached hydrogens (tertiary/aromatic N) is 1. The molecular weight excluding hydrogens is 410 g/mol. The van der Waals surface area contributed by atoms with Gasteiger partial charge in [0.1, 0.15) is 4.88 Å². The molecule has 0 bridgehead atoms. The summed E-state index contributed by atoms with van der Waals surface area (Å²) in [6, 6.07) is 12.1. The lowest BCUT2D eigenvalue weighted by atomic mass is 10.1. The van der Waals surface area contributed by atoms with Gasteiger partial charge in [0.05, 0.1) is 26.4 Å². The van der Waals surface area contributed by atoms with Gasteiger partial charge in [0, 0.05) is 16.5 Å². The first-order valence-corrected chi connectivity index (χ1v) is 12.0. The topological polar surface area (TPSA) is 55.8 Å². The average molecular weight is 444 g/mol. The standard InChI is InChI=1S/C25H33NO4S/c1-4-5-6-7-8-19-9-11-20(12-10-19)26-21(15-18(2)24(26)27)16-30-17-22-13-14-23(31-22)25(28)29-3/h9-14,18,21H,4-8,15-17H2,1-3H3/t18?,21-/m1/s1. The number of hydrogen-bond donors (Lipinski definition) is 0. The zero-order valence-electron chi connectivity index (χ0n) is 18.8. The lowest BCUT2D eigenvalue weighted by Gasteiger charge is -2.25. The molecule has 1 unspecified atom stereocenters. The Labute approximate surface area is 189 Å². The van der Waals surface area contributed by atoms with Crippen molar-refractivity contribution in [3.05, 3.63) is 51.7 Å². The number of ether oxygens (including phenoxy) is 2. The van der Waals surface area contributed by atoms with Crippen LogP contribution in [0.15, 0.2) is 36.4 Å². The molecule has 2 aromatic rings. The number of unbranched alkanes of at least 4 members (excludes halogenated alkanes) is 3. The Hall–Kier alpha value is -2.18. The molecule has 1 saturated heterocycles. The summed E-state index contributed by atoms with van der Waals surface area (Å²) in [4.78, 5) is 27.9. The van der Waals surface area contributed by atoms with E-state index in [1.54, 1.807) is 6.07 Å². The zero-order chi connectivity index (χ0) is 22.2. The van der Waals surface area contributed by atoms with Crippen molar-refractivity contribution in [3.63, 3.8) is 0 Å². The lowest BCUT2D eigenvalue weighted by molar-refractivity contribution is -0.120. The second kappa shape index (κ2) is 11.4. The maximum atomic E-state index is 12.8. The van der Waals surface area contributed by atoms with E-state index in [-0.39, 0.29) is 23.8 Å². The van der Waals surface area contributed by atoms with E-state index in [9.17, 15) is 9.59 Å². The molecule has 5 nitrogen and oxygen atoms in total. The van der Waals surface area contributed by atoms with E-state index in [4.69, 9.17) is 9.47 Å². The van der Waals surface area contributed by atoms with Crippen molar-refractivity contribution < 1.29 is 19.1 Å². The number of benzene rings is 1. The molecule has 0 saturated carbocycles. The van der Waals surface area contributed by atoms with Crippen molar-refractivity contribution in [2.45, 2.75) is 65.0 Å². The quantitative estimate of drug-likeness (QED) is 0.334. The number of amides is 1. The van der Waals surface area contributed by atoms with Gasteiger partial charge in [0.2, 0.25) is 5.91 Å². The van der Waals surface area contributed by atoms with E-state index < -0.39 is 0 Å². The van der Waals surface area contributed by atoms with Crippen LogP contribution >= 0.6 is 11.3 Å². The van der Waals surface area contributed by atoms with Crippen molar-refractivity contribution in [3.8, 4) is 0 Å². The average Bonchev–Trinajstić information content (AvgIpc) is 3.36. The molecule has 1 aliphatic heterocycles. The fourth-order valence-electron chi connectivity index (χ4n) is 4.05. The van der Waals surface area contributed by atoms with E-state index >= 15 is 0 Å². The number of rotatable bonds is 11. The predicted molar refractivity (Wildman–Crippen MR) is 125 cm³/mol. The summed E-state index contributed by atoms with van der Waals surface area (Å²) in [6.45, 7) is 5.11. The molecule has 1 fully saturated rings. The number of carbonyl (C=O) groups excluding carboxylic acids is 2. The summed E-state index contributed by atoms with van der Waals surface area (Å²) in [5, 5.41) is 0. The molecule has 3 rings (SSSR count). The molecule has 0 spiro atoms. The highest BCUT2D eigenvalue weighted by Gasteiger charge is 2.37. The molecule has 1 amide bonds. The Balaban J connectivity index is 1.57. The van der Waals surface area contributed by atoms with Crippen molar-refractivity contribution in [2.24, 2.45) is 5.92 Å². The first kappa shape index (κ1) is 23.5. The summed E-state index contributed by atoms with van der Waals surface area (Å²) in [6.07, 6.45) is 6.89. The molecule has 2 heterocycles. The van der Waals surface area contributed by atoms with Gasteiger partial charge in [-0.15, -0.1) is 11.3 Å². The van der Waals surface area contributed by atoms with Crippen LogP contribution in [0.3, 0.4) is 0 Å². The molecule has 0 N–H and O–H groups in total. The van der Waals surface area contributed by atoms with Crippen LogP contribution in [0.1, 0.15) is 66.1 Å². The second-order valence-electron chi connectivity index (χ2n) is 8.25. The third-order valence-electron chi connectivity index (χ3n) is 5.79. The van der Waals surface area contributed by atoms with Gasteiger partial charge >= 0.3 is 5.97 Å². The van der Waals surface area contributed by atoms with Crippen LogP contribution in [0.5, 0.6) is 0 Å². The predicted octanol–water partition coefficient (Wildman–Crippen LogP) is 5.62. The van der Waals surface area contributed by atoms with E-state index in [1.165, 1.54) is 49.7 Å². The third-order valence-corrected chi connectivity index (χ3v) is 6.82. The van der Waals surface area contributed by atoms with Gasteiger partial charge in [0.25, 0.3) is 0 Å². The Morgan fingerprint density at radius 1 is 1.13 bits per heavy atom. The first-order chi connectivity index (χ1) is 15.0. The van der Waals surface area contributed by atoms with Crippen LogP contribution in [0.4, 0.5) is 5.69 Å². The van der Waals surface area contributed by atoms with Crippen LogP contribution in [0.25, 0.3) is 0 Å². The maximum Gasteiger partial charge on any atom is 0.348 e. The van der Waals surface area contributed by atoms with Crippen LogP contribution in [0, 0.1) is 5.92 Å². The minimum Gasteiger partial charge on any atom is -0.465 e. The number of anilines is 1. The minimum absolute atomic E-state index is 0.00464. The Kier molecular flexibility index (Phi) is 8.67. The summed E-state index contributed by atoms with van der Waals surface area (Å²) in [5.74, 6) is -0.171. The number of esters is 1. The van der Waals surface area contributed by atoms with Gasteiger partial charge in [-0.25, -0.2) is 4.79 Å². The van der Waals surface area contributed by atoms with Crippen LogP contribution in [0.2, 0.25) is 0 Å². The third kappa shape index (κ3) is 6.17. The van der Waals surface area contributed by atoms with Gasteiger partial charge in [-0.1, -0.05) is 45.2 Å². The fourth-order valence-corrected chi connectivity index (χ4v) is 4.92. The van der Waals surface area contributed by atoms with Crippen molar-refractivity contribution >= 4 is 28.9 Å². The Bertz CT molecular complexity index is 861. The molecule has 1 aromatic carbocycles. The summed E-state index contributed by atoms with van der Waals surface area (Å²) >= 11 is 1.38. The normalized spacial score (nSPS) is 18.5. The SMILES string of the molecule is CCCCCCc1ccc(N2C(=O)C(C)C[C@@H]2COCc2ccc(C(=O)OC)s2)cc1. The van der Waals surface area contributed by atoms with Gasteiger partial charge in [0.15, 0.2) is 0 Å². The molecule has 2 atom stereocenters. The smallest absolute Gasteiger partial charge is 0.348 e. The zero-order valence-corrected chi connectivity index (χ0v) is 19.6. The van der Waals surface area contributed by atoms with E-state index in [1.807, 2.05) is 17.9 Å². The van der Waals surface area contributed by atoms with Crippen LogP contribution in [-0.4, -0.2) is 31.6 Å². The van der Waals surface area contributed by atoms with Gasteiger partial charge in [-0.3, -0.25) is 4.79 Å².